The molecule has 3 atom stereocenters. The van der Waals surface area contributed by atoms with E-state index in [2.05, 4.69) is 20.8 Å². The van der Waals surface area contributed by atoms with Gasteiger partial charge in [0, 0.05) is 5.41 Å². The summed E-state index contributed by atoms with van der Waals surface area (Å²) < 4.78 is 0. The van der Waals surface area contributed by atoms with Crippen molar-refractivity contribution in [3.63, 3.8) is 0 Å². The van der Waals surface area contributed by atoms with Crippen LogP contribution in [0.5, 0.6) is 0 Å². The van der Waals surface area contributed by atoms with E-state index in [-0.39, 0.29) is 11.5 Å². The highest BCUT2D eigenvalue weighted by molar-refractivity contribution is 5.33. The van der Waals surface area contributed by atoms with Gasteiger partial charge in [0.25, 0.3) is 0 Å². The predicted molar refractivity (Wildman–Crippen MR) is 45.1 cm³/mol. The number of allylic oxidation sites excluding steroid dienone is 1. The van der Waals surface area contributed by atoms with Gasteiger partial charge in [-0.25, -0.2) is 0 Å². The van der Waals surface area contributed by atoms with Crippen LogP contribution in [0.4, 0.5) is 0 Å². The van der Waals surface area contributed by atoms with Crippen molar-refractivity contribution < 1.29 is 5.11 Å². The van der Waals surface area contributed by atoms with Gasteiger partial charge in [-0.1, -0.05) is 25.5 Å². The van der Waals surface area contributed by atoms with Crippen LogP contribution in [0.15, 0.2) is 11.6 Å². The van der Waals surface area contributed by atoms with Crippen molar-refractivity contribution in [2.45, 2.75) is 33.3 Å². The Labute approximate surface area is 68.1 Å². The SMILES string of the molecule is CC1=C[C@H](O)[C@@]2(C(C)C)CC12. The predicted octanol–water partition coefficient (Wildman–Crippen LogP) is 1.97. The van der Waals surface area contributed by atoms with E-state index in [0.717, 1.165) is 0 Å². The summed E-state index contributed by atoms with van der Waals surface area (Å²) in [7, 11) is 0. The Bertz CT molecular complexity index is 217. The number of fused-ring (bicyclic) bond motifs is 1. The summed E-state index contributed by atoms with van der Waals surface area (Å²) >= 11 is 0. The van der Waals surface area contributed by atoms with Crippen LogP contribution >= 0.6 is 0 Å². The molecule has 0 saturated heterocycles. The zero-order valence-corrected chi connectivity index (χ0v) is 7.46. The lowest BCUT2D eigenvalue weighted by Crippen LogP contribution is -2.23. The topological polar surface area (TPSA) is 20.2 Å². The average Bonchev–Trinajstić information content (AvgIpc) is 2.56. The molecule has 11 heavy (non-hydrogen) atoms. The quantitative estimate of drug-likeness (QED) is 0.569. The van der Waals surface area contributed by atoms with Crippen molar-refractivity contribution in [1.29, 1.82) is 0 Å². The molecule has 0 aliphatic heterocycles. The van der Waals surface area contributed by atoms with Crippen molar-refractivity contribution in [2.75, 3.05) is 0 Å². The highest BCUT2D eigenvalue weighted by Crippen LogP contribution is 2.67. The lowest BCUT2D eigenvalue weighted by molar-refractivity contribution is 0.106. The van der Waals surface area contributed by atoms with E-state index in [1.807, 2.05) is 6.08 Å². The molecule has 0 aromatic rings. The van der Waals surface area contributed by atoms with Crippen LogP contribution in [0.25, 0.3) is 0 Å². The molecule has 2 aliphatic rings. The van der Waals surface area contributed by atoms with Gasteiger partial charge in [-0.05, 0) is 25.2 Å². The third kappa shape index (κ3) is 0.698. The maximum absolute atomic E-state index is 9.75. The number of hydrogen-bond acceptors (Lipinski definition) is 1. The molecule has 0 spiro atoms. The molecule has 1 heteroatoms. The molecule has 1 saturated carbocycles. The fourth-order valence-corrected chi connectivity index (χ4v) is 2.71. The average molecular weight is 152 g/mol. The first kappa shape index (κ1) is 7.35. The summed E-state index contributed by atoms with van der Waals surface area (Å²) in [5.74, 6) is 1.33. The molecule has 1 nitrogen and oxygen atoms in total. The molecule has 0 aromatic heterocycles. The normalized spacial score (nSPS) is 47.5. The van der Waals surface area contributed by atoms with Gasteiger partial charge in [0.1, 0.15) is 0 Å². The molecule has 0 heterocycles. The summed E-state index contributed by atoms with van der Waals surface area (Å²) in [4.78, 5) is 0. The largest absolute Gasteiger partial charge is 0.388 e. The summed E-state index contributed by atoms with van der Waals surface area (Å²) in [6, 6.07) is 0. The monoisotopic (exact) mass is 152 g/mol. The number of hydrogen-bond donors (Lipinski definition) is 1. The van der Waals surface area contributed by atoms with Crippen molar-refractivity contribution in [3.05, 3.63) is 11.6 Å². The summed E-state index contributed by atoms with van der Waals surface area (Å²) in [6.07, 6.45) is 3.09. The van der Waals surface area contributed by atoms with E-state index >= 15 is 0 Å². The Balaban J connectivity index is 2.26. The maximum atomic E-state index is 9.75. The minimum atomic E-state index is -0.160. The second-order valence-electron chi connectivity index (χ2n) is 4.38. The Kier molecular flexibility index (Phi) is 1.26. The third-order valence-corrected chi connectivity index (χ3v) is 3.64. The van der Waals surface area contributed by atoms with Gasteiger partial charge in [0.2, 0.25) is 0 Å². The third-order valence-electron chi connectivity index (χ3n) is 3.64. The molecule has 1 N–H and O–H groups in total. The van der Waals surface area contributed by atoms with Crippen LogP contribution in [0.1, 0.15) is 27.2 Å². The van der Waals surface area contributed by atoms with Crippen molar-refractivity contribution in [2.24, 2.45) is 17.3 Å². The van der Waals surface area contributed by atoms with Crippen LogP contribution in [-0.2, 0) is 0 Å². The minimum Gasteiger partial charge on any atom is -0.388 e. The highest BCUT2D eigenvalue weighted by atomic mass is 16.3. The lowest BCUT2D eigenvalue weighted by Gasteiger charge is -2.21. The smallest absolute Gasteiger partial charge is 0.0788 e. The van der Waals surface area contributed by atoms with Gasteiger partial charge in [-0.15, -0.1) is 0 Å². The Morgan fingerprint density at radius 1 is 1.64 bits per heavy atom. The summed E-state index contributed by atoms with van der Waals surface area (Å²) in [5, 5.41) is 9.75. The van der Waals surface area contributed by atoms with E-state index in [1.54, 1.807) is 0 Å². The van der Waals surface area contributed by atoms with Crippen molar-refractivity contribution in [3.8, 4) is 0 Å². The van der Waals surface area contributed by atoms with Crippen LogP contribution in [0, 0.1) is 17.3 Å². The number of aliphatic hydroxyl groups excluding tert-OH is 1. The molecule has 2 aliphatic carbocycles. The Morgan fingerprint density at radius 3 is 2.45 bits per heavy atom. The van der Waals surface area contributed by atoms with Crippen molar-refractivity contribution in [1.82, 2.24) is 0 Å². The Morgan fingerprint density at radius 2 is 2.27 bits per heavy atom. The first-order valence-corrected chi connectivity index (χ1v) is 4.45. The zero-order chi connectivity index (χ0) is 8.22. The Hall–Kier alpha value is -0.300. The first-order chi connectivity index (χ1) is 5.09. The molecule has 0 amide bonds. The molecule has 1 fully saturated rings. The van der Waals surface area contributed by atoms with Gasteiger partial charge >= 0.3 is 0 Å². The fraction of sp³-hybridized carbons (Fsp3) is 0.800. The fourth-order valence-electron chi connectivity index (χ4n) is 2.71. The van der Waals surface area contributed by atoms with Gasteiger partial charge in [0.15, 0.2) is 0 Å². The molecule has 0 bridgehead atoms. The van der Waals surface area contributed by atoms with Crippen molar-refractivity contribution >= 4 is 0 Å². The highest BCUT2D eigenvalue weighted by Gasteiger charge is 2.63. The molecular weight excluding hydrogens is 136 g/mol. The molecule has 62 valence electrons. The molecular formula is C10H16O. The molecule has 0 radical (unpaired) electrons. The minimum absolute atomic E-state index is 0.160. The van der Waals surface area contributed by atoms with Crippen LogP contribution in [0.2, 0.25) is 0 Å². The number of rotatable bonds is 1. The van der Waals surface area contributed by atoms with Crippen LogP contribution in [-0.4, -0.2) is 11.2 Å². The lowest BCUT2D eigenvalue weighted by atomic mass is 9.87. The molecule has 0 aromatic carbocycles. The summed E-state index contributed by atoms with van der Waals surface area (Å²) in [6.45, 7) is 6.58. The van der Waals surface area contributed by atoms with Gasteiger partial charge in [-0.2, -0.15) is 0 Å². The van der Waals surface area contributed by atoms with Gasteiger partial charge < -0.3 is 5.11 Å². The van der Waals surface area contributed by atoms with Gasteiger partial charge in [0.05, 0.1) is 6.10 Å². The second kappa shape index (κ2) is 1.89. The standard InChI is InChI=1S/C10H16O/c1-6(2)10-5-8(10)7(3)4-9(10)11/h4,6,8-9,11H,5H2,1-3H3/t8?,9-,10+/m0/s1. The van der Waals surface area contributed by atoms with Crippen LogP contribution in [0.3, 0.4) is 0 Å². The van der Waals surface area contributed by atoms with Gasteiger partial charge in [-0.3, -0.25) is 0 Å². The number of aliphatic hydroxyl groups is 1. The van der Waals surface area contributed by atoms with E-state index in [0.29, 0.717) is 11.8 Å². The second-order valence-corrected chi connectivity index (χ2v) is 4.38. The molecule has 2 rings (SSSR count). The first-order valence-electron chi connectivity index (χ1n) is 4.45. The molecule has 1 unspecified atom stereocenters. The van der Waals surface area contributed by atoms with E-state index < -0.39 is 0 Å². The zero-order valence-electron chi connectivity index (χ0n) is 7.46. The van der Waals surface area contributed by atoms with Crippen LogP contribution < -0.4 is 0 Å². The maximum Gasteiger partial charge on any atom is 0.0788 e. The van der Waals surface area contributed by atoms with E-state index in [1.165, 1.54) is 12.0 Å². The summed E-state index contributed by atoms with van der Waals surface area (Å²) in [5.41, 5.74) is 1.66. The van der Waals surface area contributed by atoms with E-state index in [9.17, 15) is 5.11 Å². The van der Waals surface area contributed by atoms with E-state index in [4.69, 9.17) is 0 Å².